The van der Waals surface area contributed by atoms with Crippen molar-refractivity contribution in [2.45, 2.75) is 13.3 Å². The van der Waals surface area contributed by atoms with Gasteiger partial charge in [0.05, 0.1) is 11.0 Å². The Balaban J connectivity index is 1.34. The van der Waals surface area contributed by atoms with E-state index in [4.69, 9.17) is 0 Å². The lowest BCUT2D eigenvalue weighted by molar-refractivity contribution is 0.0948. The Morgan fingerprint density at radius 1 is 1.03 bits per heavy atom. The zero-order valence-electron chi connectivity index (χ0n) is 17.5. The summed E-state index contributed by atoms with van der Waals surface area (Å²) in [6, 6.07) is 20.1. The summed E-state index contributed by atoms with van der Waals surface area (Å²) in [6.45, 7) is 2.62. The summed E-state index contributed by atoms with van der Waals surface area (Å²) in [5, 5.41) is 9.77. The topological polar surface area (TPSA) is 64.7 Å². The summed E-state index contributed by atoms with van der Waals surface area (Å²) in [5.74, 6) is 0.683. The van der Waals surface area contributed by atoms with E-state index in [0.29, 0.717) is 12.2 Å². The van der Waals surface area contributed by atoms with Crippen molar-refractivity contribution in [1.29, 1.82) is 0 Å². The third-order valence-corrected chi connectivity index (χ3v) is 5.66. The molecule has 0 bridgehead atoms. The number of rotatable bonds is 5. The second kappa shape index (κ2) is 7.72. The van der Waals surface area contributed by atoms with Gasteiger partial charge in [-0.15, -0.1) is 0 Å². The SMILES string of the molecule is Cc1cn(-c2cc(C(=O)NCCc3ccnc4ccccc34)nn2C)c2ccccc12. The van der Waals surface area contributed by atoms with Crippen molar-refractivity contribution in [2.24, 2.45) is 7.05 Å². The molecule has 0 radical (unpaired) electrons. The van der Waals surface area contributed by atoms with Gasteiger partial charge in [-0.25, -0.2) is 0 Å². The molecule has 0 aliphatic heterocycles. The van der Waals surface area contributed by atoms with Gasteiger partial charge in [-0.3, -0.25) is 14.5 Å². The molecule has 3 aromatic heterocycles. The first-order valence-corrected chi connectivity index (χ1v) is 10.3. The molecule has 6 heteroatoms. The minimum Gasteiger partial charge on any atom is -0.350 e. The van der Waals surface area contributed by atoms with E-state index in [1.165, 1.54) is 16.5 Å². The van der Waals surface area contributed by atoms with Crippen LogP contribution in [0, 0.1) is 6.92 Å². The number of fused-ring (bicyclic) bond motifs is 2. The number of aromatic nitrogens is 4. The number of hydrogen-bond donors (Lipinski definition) is 1. The van der Waals surface area contributed by atoms with E-state index in [9.17, 15) is 4.79 Å². The first-order chi connectivity index (χ1) is 15.1. The Morgan fingerprint density at radius 3 is 2.68 bits per heavy atom. The zero-order chi connectivity index (χ0) is 21.4. The Hall–Kier alpha value is -3.93. The summed E-state index contributed by atoms with van der Waals surface area (Å²) >= 11 is 0. The molecule has 0 spiro atoms. The average molecular weight is 409 g/mol. The largest absolute Gasteiger partial charge is 0.350 e. The highest BCUT2D eigenvalue weighted by molar-refractivity contribution is 5.93. The predicted molar refractivity (Wildman–Crippen MR) is 123 cm³/mol. The molecule has 5 aromatic rings. The van der Waals surface area contributed by atoms with Gasteiger partial charge in [-0.2, -0.15) is 5.10 Å². The summed E-state index contributed by atoms with van der Waals surface area (Å²) < 4.78 is 3.83. The quantitative estimate of drug-likeness (QED) is 0.473. The van der Waals surface area contributed by atoms with Crippen LogP contribution in [-0.2, 0) is 13.5 Å². The number of nitrogens with one attached hydrogen (secondary N) is 1. The Bertz CT molecular complexity index is 1410. The van der Waals surface area contributed by atoms with Crippen molar-refractivity contribution in [3.8, 4) is 5.82 Å². The molecule has 0 atom stereocenters. The molecule has 31 heavy (non-hydrogen) atoms. The van der Waals surface area contributed by atoms with E-state index in [0.717, 1.165) is 28.7 Å². The highest BCUT2D eigenvalue weighted by Crippen LogP contribution is 2.24. The zero-order valence-corrected chi connectivity index (χ0v) is 17.5. The second-order valence-corrected chi connectivity index (χ2v) is 7.70. The van der Waals surface area contributed by atoms with E-state index < -0.39 is 0 Å². The molecule has 0 aliphatic rings. The van der Waals surface area contributed by atoms with Gasteiger partial charge in [-0.05, 0) is 42.7 Å². The van der Waals surface area contributed by atoms with Gasteiger partial charge in [0.15, 0.2) is 5.69 Å². The van der Waals surface area contributed by atoms with Crippen molar-refractivity contribution >= 4 is 27.7 Å². The normalized spacial score (nSPS) is 11.3. The highest BCUT2D eigenvalue weighted by Gasteiger charge is 2.16. The van der Waals surface area contributed by atoms with Crippen LogP contribution in [0.5, 0.6) is 0 Å². The fraction of sp³-hybridized carbons (Fsp3) is 0.160. The standard InChI is InChI=1S/C25H23N5O/c1-17-16-30(23-10-6-4-7-19(17)23)24-15-22(28-29(24)2)25(31)27-14-12-18-11-13-26-21-9-5-3-8-20(18)21/h3-11,13,15-16H,12,14H2,1-2H3,(H,27,31). The number of amides is 1. The molecule has 1 N–H and O–H groups in total. The van der Waals surface area contributed by atoms with E-state index in [2.05, 4.69) is 51.3 Å². The molecule has 0 fully saturated rings. The minimum atomic E-state index is -0.173. The molecular formula is C25H23N5O. The fourth-order valence-electron chi connectivity index (χ4n) is 4.11. The smallest absolute Gasteiger partial charge is 0.271 e. The number of pyridine rings is 1. The van der Waals surface area contributed by atoms with E-state index in [-0.39, 0.29) is 5.91 Å². The third-order valence-electron chi connectivity index (χ3n) is 5.66. The molecule has 154 valence electrons. The molecule has 3 heterocycles. The van der Waals surface area contributed by atoms with Crippen LogP contribution in [-0.4, -0.2) is 31.8 Å². The molecule has 2 aromatic carbocycles. The third kappa shape index (κ3) is 3.46. The lowest BCUT2D eigenvalue weighted by Crippen LogP contribution is -2.26. The molecule has 0 aliphatic carbocycles. The molecule has 1 amide bonds. The Kier molecular flexibility index (Phi) is 4.75. The van der Waals surface area contributed by atoms with E-state index in [1.807, 2.05) is 55.7 Å². The van der Waals surface area contributed by atoms with Crippen molar-refractivity contribution in [2.75, 3.05) is 6.54 Å². The number of benzene rings is 2. The maximum atomic E-state index is 12.8. The maximum Gasteiger partial charge on any atom is 0.271 e. The maximum absolute atomic E-state index is 12.8. The number of carbonyl (C=O) groups is 1. The summed E-state index contributed by atoms with van der Waals surface area (Å²) in [4.78, 5) is 17.2. The fourth-order valence-corrected chi connectivity index (χ4v) is 4.11. The van der Waals surface area contributed by atoms with Gasteiger partial charge in [0.2, 0.25) is 0 Å². The van der Waals surface area contributed by atoms with Gasteiger partial charge >= 0.3 is 0 Å². The molecule has 6 nitrogen and oxygen atoms in total. The lowest BCUT2D eigenvalue weighted by Gasteiger charge is -2.06. The predicted octanol–water partition coefficient (Wildman–Crippen LogP) is 4.19. The number of aryl methyl sites for hydroxylation is 2. The van der Waals surface area contributed by atoms with Crippen molar-refractivity contribution in [3.63, 3.8) is 0 Å². The molecule has 0 unspecified atom stereocenters. The first kappa shape index (κ1) is 19.1. The summed E-state index contributed by atoms with van der Waals surface area (Å²) in [5.41, 5.74) is 4.83. The molecule has 5 rings (SSSR count). The van der Waals surface area contributed by atoms with Crippen LogP contribution < -0.4 is 5.32 Å². The average Bonchev–Trinajstić information content (AvgIpc) is 3.34. The summed E-state index contributed by atoms with van der Waals surface area (Å²) in [6.07, 6.45) is 4.63. The lowest BCUT2D eigenvalue weighted by atomic mass is 10.1. The van der Waals surface area contributed by atoms with Crippen molar-refractivity contribution < 1.29 is 4.79 Å². The number of carbonyl (C=O) groups excluding carboxylic acids is 1. The van der Waals surface area contributed by atoms with Crippen molar-refractivity contribution in [1.82, 2.24) is 24.6 Å². The van der Waals surface area contributed by atoms with Crippen LogP contribution in [0.15, 0.2) is 73.1 Å². The Morgan fingerprint density at radius 2 is 1.81 bits per heavy atom. The van der Waals surface area contributed by atoms with E-state index >= 15 is 0 Å². The molecule has 0 saturated carbocycles. The molecular weight excluding hydrogens is 386 g/mol. The van der Waals surface area contributed by atoms with Crippen LogP contribution in [0.1, 0.15) is 21.6 Å². The van der Waals surface area contributed by atoms with Gasteiger partial charge in [0, 0.05) is 42.8 Å². The van der Waals surface area contributed by atoms with Crippen LogP contribution >= 0.6 is 0 Å². The van der Waals surface area contributed by atoms with Gasteiger partial charge in [-0.1, -0.05) is 36.4 Å². The van der Waals surface area contributed by atoms with Crippen LogP contribution in [0.25, 0.3) is 27.6 Å². The minimum absolute atomic E-state index is 0.173. The van der Waals surface area contributed by atoms with Gasteiger partial charge in [0.25, 0.3) is 5.91 Å². The van der Waals surface area contributed by atoms with Crippen LogP contribution in [0.3, 0.4) is 0 Å². The van der Waals surface area contributed by atoms with Gasteiger partial charge in [0.1, 0.15) is 5.82 Å². The monoisotopic (exact) mass is 409 g/mol. The first-order valence-electron chi connectivity index (χ1n) is 10.3. The second-order valence-electron chi connectivity index (χ2n) is 7.70. The number of para-hydroxylation sites is 2. The van der Waals surface area contributed by atoms with Crippen molar-refractivity contribution in [3.05, 3.63) is 89.9 Å². The Labute approximate surface area is 180 Å². The number of nitrogens with zero attached hydrogens (tertiary/aromatic N) is 4. The van der Waals surface area contributed by atoms with Crippen LogP contribution in [0.4, 0.5) is 0 Å². The number of hydrogen-bond acceptors (Lipinski definition) is 3. The van der Waals surface area contributed by atoms with Gasteiger partial charge < -0.3 is 9.88 Å². The van der Waals surface area contributed by atoms with Crippen LogP contribution in [0.2, 0.25) is 0 Å². The van der Waals surface area contributed by atoms with E-state index in [1.54, 1.807) is 4.68 Å². The summed E-state index contributed by atoms with van der Waals surface area (Å²) in [7, 11) is 1.86. The molecule has 0 saturated heterocycles. The highest BCUT2D eigenvalue weighted by atomic mass is 16.1.